The molecule has 0 spiro atoms. The summed E-state index contributed by atoms with van der Waals surface area (Å²) >= 11 is 0. The Balaban J connectivity index is 1.43. The molecule has 1 amide bonds. The molecule has 2 atom stereocenters. The molecule has 1 fully saturated rings. The molecule has 1 aliphatic heterocycles. The number of aryl methyl sites for hydroxylation is 1. The third-order valence-corrected chi connectivity index (χ3v) is 6.00. The minimum Gasteiger partial charge on any atom is -0.378 e. The fraction of sp³-hybridized carbons (Fsp3) is 0.296. The van der Waals surface area contributed by atoms with E-state index < -0.39 is 0 Å². The molecular formula is C27H32N3O2+. The Kier molecular flexibility index (Phi) is 7.20. The number of benzene rings is 3. The van der Waals surface area contributed by atoms with E-state index in [4.69, 9.17) is 4.74 Å². The maximum absolute atomic E-state index is 13.0. The molecule has 3 N–H and O–H groups in total. The molecule has 1 saturated heterocycles. The SMILES string of the molecule is Cc1ccc([C@H]([NH2+][C@H](C)C(=O)Nc2ccc(N3CCOCC3)cc2)c2ccccc2)cc1. The number of carbonyl (C=O) groups is 1. The Bertz CT molecular complexity index is 997. The number of carbonyl (C=O) groups excluding carboxylic acids is 1. The molecule has 0 saturated carbocycles. The van der Waals surface area contributed by atoms with Gasteiger partial charge in [-0.3, -0.25) is 4.79 Å². The summed E-state index contributed by atoms with van der Waals surface area (Å²) in [7, 11) is 0. The Labute approximate surface area is 190 Å². The normalized spacial score (nSPS) is 15.8. The molecule has 1 aliphatic rings. The van der Waals surface area contributed by atoms with E-state index >= 15 is 0 Å². The number of hydrogen-bond acceptors (Lipinski definition) is 3. The van der Waals surface area contributed by atoms with E-state index in [1.165, 1.54) is 16.7 Å². The highest BCUT2D eigenvalue weighted by molar-refractivity contribution is 5.93. The van der Waals surface area contributed by atoms with Gasteiger partial charge in [-0.05, 0) is 38.1 Å². The lowest BCUT2D eigenvalue weighted by Crippen LogP contribution is -2.92. The molecular weight excluding hydrogens is 398 g/mol. The third-order valence-electron chi connectivity index (χ3n) is 6.00. The van der Waals surface area contributed by atoms with Crippen LogP contribution >= 0.6 is 0 Å². The fourth-order valence-corrected chi connectivity index (χ4v) is 4.06. The molecule has 5 heteroatoms. The molecule has 0 radical (unpaired) electrons. The second kappa shape index (κ2) is 10.4. The lowest BCUT2D eigenvalue weighted by Gasteiger charge is -2.29. The maximum Gasteiger partial charge on any atom is 0.282 e. The number of morpholine rings is 1. The highest BCUT2D eigenvalue weighted by Crippen LogP contribution is 2.20. The van der Waals surface area contributed by atoms with E-state index in [2.05, 4.69) is 71.0 Å². The Morgan fingerprint density at radius 1 is 0.906 bits per heavy atom. The van der Waals surface area contributed by atoms with Gasteiger partial charge < -0.3 is 20.3 Å². The van der Waals surface area contributed by atoms with E-state index in [-0.39, 0.29) is 18.0 Å². The van der Waals surface area contributed by atoms with Crippen LogP contribution in [0.5, 0.6) is 0 Å². The van der Waals surface area contributed by atoms with Crippen molar-refractivity contribution in [3.63, 3.8) is 0 Å². The monoisotopic (exact) mass is 430 g/mol. The van der Waals surface area contributed by atoms with Crippen LogP contribution in [0.2, 0.25) is 0 Å². The van der Waals surface area contributed by atoms with Crippen LogP contribution in [0.3, 0.4) is 0 Å². The van der Waals surface area contributed by atoms with Gasteiger partial charge in [-0.2, -0.15) is 0 Å². The number of quaternary nitrogens is 1. The van der Waals surface area contributed by atoms with Crippen LogP contribution in [0.1, 0.15) is 29.7 Å². The summed E-state index contributed by atoms with van der Waals surface area (Å²) in [5.41, 5.74) is 5.59. The molecule has 4 rings (SSSR count). The van der Waals surface area contributed by atoms with Gasteiger partial charge in [0.1, 0.15) is 6.04 Å². The fourth-order valence-electron chi connectivity index (χ4n) is 4.06. The first-order valence-corrected chi connectivity index (χ1v) is 11.3. The highest BCUT2D eigenvalue weighted by Gasteiger charge is 2.25. The lowest BCUT2D eigenvalue weighted by molar-refractivity contribution is -0.704. The summed E-state index contributed by atoms with van der Waals surface area (Å²) in [5, 5.41) is 5.21. The zero-order valence-electron chi connectivity index (χ0n) is 18.8. The highest BCUT2D eigenvalue weighted by atomic mass is 16.5. The van der Waals surface area contributed by atoms with Gasteiger partial charge in [0.05, 0.1) is 13.2 Å². The van der Waals surface area contributed by atoms with E-state index in [1.807, 2.05) is 37.3 Å². The number of anilines is 2. The molecule has 0 aromatic heterocycles. The summed E-state index contributed by atoms with van der Waals surface area (Å²) < 4.78 is 5.42. The quantitative estimate of drug-likeness (QED) is 0.603. The van der Waals surface area contributed by atoms with Crippen LogP contribution in [0.15, 0.2) is 78.9 Å². The van der Waals surface area contributed by atoms with Crippen molar-refractivity contribution >= 4 is 17.3 Å². The van der Waals surface area contributed by atoms with Crippen LogP contribution in [0, 0.1) is 6.92 Å². The van der Waals surface area contributed by atoms with E-state index in [0.29, 0.717) is 0 Å². The van der Waals surface area contributed by atoms with Gasteiger partial charge in [-0.1, -0.05) is 60.2 Å². The van der Waals surface area contributed by atoms with Gasteiger partial charge >= 0.3 is 0 Å². The number of nitrogens with zero attached hydrogens (tertiary/aromatic N) is 1. The van der Waals surface area contributed by atoms with Crippen molar-refractivity contribution in [2.45, 2.75) is 25.9 Å². The Morgan fingerprint density at radius 3 is 2.19 bits per heavy atom. The average Bonchev–Trinajstić information content (AvgIpc) is 2.84. The van der Waals surface area contributed by atoms with Crippen molar-refractivity contribution in [3.05, 3.63) is 95.6 Å². The summed E-state index contributed by atoms with van der Waals surface area (Å²) in [6.45, 7) is 7.37. The summed E-state index contributed by atoms with van der Waals surface area (Å²) in [5.74, 6) is -0.00262. The Hall–Kier alpha value is -3.15. The average molecular weight is 431 g/mol. The number of nitrogens with two attached hydrogens (primary N) is 1. The molecule has 3 aromatic carbocycles. The largest absolute Gasteiger partial charge is 0.378 e. The summed E-state index contributed by atoms with van der Waals surface area (Å²) in [6.07, 6.45) is 0. The molecule has 32 heavy (non-hydrogen) atoms. The number of rotatable bonds is 7. The predicted molar refractivity (Wildman–Crippen MR) is 129 cm³/mol. The van der Waals surface area contributed by atoms with Gasteiger partial charge in [0.2, 0.25) is 0 Å². The van der Waals surface area contributed by atoms with Gasteiger partial charge in [0.15, 0.2) is 6.04 Å². The topological polar surface area (TPSA) is 58.2 Å². The number of ether oxygens (including phenoxy) is 1. The maximum atomic E-state index is 13.0. The Morgan fingerprint density at radius 2 is 1.53 bits per heavy atom. The second-order valence-electron chi connectivity index (χ2n) is 8.42. The van der Waals surface area contributed by atoms with Crippen LogP contribution < -0.4 is 15.5 Å². The van der Waals surface area contributed by atoms with Crippen molar-refractivity contribution in [1.82, 2.24) is 0 Å². The number of amides is 1. The van der Waals surface area contributed by atoms with Crippen LogP contribution in [-0.2, 0) is 9.53 Å². The second-order valence-corrected chi connectivity index (χ2v) is 8.42. The van der Waals surface area contributed by atoms with Gasteiger partial charge in [-0.25, -0.2) is 0 Å². The molecule has 166 valence electrons. The van der Waals surface area contributed by atoms with Crippen molar-refractivity contribution in [1.29, 1.82) is 0 Å². The van der Waals surface area contributed by atoms with Gasteiger partial charge in [-0.15, -0.1) is 0 Å². The molecule has 5 nitrogen and oxygen atoms in total. The molecule has 0 aliphatic carbocycles. The zero-order valence-corrected chi connectivity index (χ0v) is 18.8. The van der Waals surface area contributed by atoms with E-state index in [1.54, 1.807) is 0 Å². The van der Waals surface area contributed by atoms with E-state index in [9.17, 15) is 4.79 Å². The smallest absolute Gasteiger partial charge is 0.282 e. The molecule has 0 unspecified atom stereocenters. The van der Waals surface area contributed by atoms with Gasteiger partial charge in [0, 0.05) is 35.6 Å². The van der Waals surface area contributed by atoms with Crippen molar-refractivity contribution in [3.8, 4) is 0 Å². The molecule has 1 heterocycles. The van der Waals surface area contributed by atoms with E-state index in [0.717, 1.165) is 37.7 Å². The lowest BCUT2D eigenvalue weighted by atomic mass is 9.97. The van der Waals surface area contributed by atoms with Gasteiger partial charge in [0.25, 0.3) is 5.91 Å². The number of hydrogen-bond donors (Lipinski definition) is 2. The van der Waals surface area contributed by atoms with Crippen LogP contribution in [-0.4, -0.2) is 38.3 Å². The first-order chi connectivity index (χ1) is 15.6. The summed E-state index contributed by atoms with van der Waals surface area (Å²) in [6, 6.07) is 26.8. The van der Waals surface area contributed by atoms with Crippen molar-refractivity contribution in [2.24, 2.45) is 0 Å². The minimum atomic E-state index is -0.250. The van der Waals surface area contributed by atoms with Crippen LogP contribution in [0.25, 0.3) is 0 Å². The minimum absolute atomic E-state index is 0.00262. The number of nitrogens with one attached hydrogen (secondary N) is 1. The predicted octanol–water partition coefficient (Wildman–Crippen LogP) is 3.51. The first kappa shape index (κ1) is 22.1. The van der Waals surface area contributed by atoms with Crippen molar-refractivity contribution < 1.29 is 14.8 Å². The van der Waals surface area contributed by atoms with Crippen molar-refractivity contribution in [2.75, 3.05) is 36.5 Å². The molecule has 0 bridgehead atoms. The first-order valence-electron chi connectivity index (χ1n) is 11.3. The van der Waals surface area contributed by atoms with Crippen LogP contribution in [0.4, 0.5) is 11.4 Å². The summed E-state index contributed by atoms with van der Waals surface area (Å²) in [4.78, 5) is 15.3. The molecule has 3 aromatic rings. The standard InChI is InChI=1S/C27H31N3O2/c1-20-8-10-23(11-9-20)26(22-6-4-3-5-7-22)28-21(2)27(31)29-24-12-14-25(15-13-24)30-16-18-32-19-17-30/h3-15,21,26,28H,16-19H2,1-2H3,(H,29,31)/p+1/t21-,26-/m1/s1. The zero-order chi connectivity index (χ0) is 22.3. The third kappa shape index (κ3) is 5.55.